The van der Waals surface area contributed by atoms with Crippen molar-refractivity contribution in [2.75, 3.05) is 53.4 Å². The Kier molecular flexibility index (Phi) is 8.13. The van der Waals surface area contributed by atoms with Crippen LogP contribution in [-0.4, -0.2) is 85.8 Å². The van der Waals surface area contributed by atoms with Gasteiger partial charge in [0, 0.05) is 38.3 Å². The largest absolute Gasteiger partial charge is 0.492 e. The molecule has 0 aliphatic carbocycles. The third-order valence-electron chi connectivity index (χ3n) is 4.44. The molecule has 1 aromatic rings. The summed E-state index contributed by atoms with van der Waals surface area (Å²) >= 11 is 0. The number of carbonyl (C=O) groups excluding carboxylic acids is 1. The van der Waals surface area contributed by atoms with E-state index >= 15 is 0 Å². The molecule has 1 saturated heterocycles. The lowest BCUT2D eigenvalue weighted by Crippen LogP contribution is -2.53. The molecular formula is C21H35N5O3. The van der Waals surface area contributed by atoms with Gasteiger partial charge in [-0.25, -0.2) is 9.79 Å². The Bertz CT molecular complexity index is 692. The van der Waals surface area contributed by atoms with Gasteiger partial charge in [-0.05, 0) is 40.9 Å². The van der Waals surface area contributed by atoms with Gasteiger partial charge in [-0.2, -0.15) is 0 Å². The number of benzene rings is 1. The molecule has 1 aliphatic heterocycles. The summed E-state index contributed by atoms with van der Waals surface area (Å²) in [4.78, 5) is 22.5. The molecule has 2 rings (SSSR count). The Morgan fingerprint density at radius 2 is 1.76 bits per heavy atom. The Morgan fingerprint density at radius 3 is 2.38 bits per heavy atom. The van der Waals surface area contributed by atoms with E-state index in [1.807, 2.05) is 64.0 Å². The molecule has 0 saturated carbocycles. The van der Waals surface area contributed by atoms with Crippen LogP contribution in [0.25, 0.3) is 0 Å². The highest BCUT2D eigenvalue weighted by Crippen LogP contribution is 2.19. The number of nitrogens with two attached hydrogens (primary N) is 1. The van der Waals surface area contributed by atoms with Gasteiger partial charge in [0.25, 0.3) is 0 Å². The first-order valence-electron chi connectivity index (χ1n) is 10.0. The van der Waals surface area contributed by atoms with Gasteiger partial charge in [-0.3, -0.25) is 0 Å². The second-order valence-corrected chi connectivity index (χ2v) is 8.39. The Morgan fingerprint density at radius 1 is 1.14 bits per heavy atom. The summed E-state index contributed by atoms with van der Waals surface area (Å²) in [6.45, 7) is 9.93. The van der Waals surface area contributed by atoms with Gasteiger partial charge in [0.1, 0.15) is 18.0 Å². The Balaban J connectivity index is 1.87. The van der Waals surface area contributed by atoms with Crippen molar-refractivity contribution in [2.24, 2.45) is 10.7 Å². The number of para-hydroxylation sites is 1. The van der Waals surface area contributed by atoms with Crippen molar-refractivity contribution >= 4 is 12.1 Å². The SMILES string of the molecule is CN(C)CCOc1ccccc1CN=C(N)N1CCN(C(=O)OC(C)(C)C)CC1. The van der Waals surface area contributed by atoms with Crippen LogP contribution < -0.4 is 10.5 Å². The molecule has 1 fully saturated rings. The van der Waals surface area contributed by atoms with Crippen LogP contribution in [0.5, 0.6) is 5.75 Å². The quantitative estimate of drug-likeness (QED) is 0.576. The summed E-state index contributed by atoms with van der Waals surface area (Å²) in [6, 6.07) is 7.88. The molecule has 0 radical (unpaired) electrons. The zero-order valence-electron chi connectivity index (χ0n) is 18.4. The molecule has 1 aliphatic rings. The van der Waals surface area contributed by atoms with Crippen molar-refractivity contribution in [3.05, 3.63) is 29.8 Å². The van der Waals surface area contributed by atoms with Crippen molar-refractivity contribution in [1.29, 1.82) is 0 Å². The van der Waals surface area contributed by atoms with Crippen molar-refractivity contribution in [3.8, 4) is 5.75 Å². The van der Waals surface area contributed by atoms with Crippen molar-refractivity contribution in [3.63, 3.8) is 0 Å². The summed E-state index contributed by atoms with van der Waals surface area (Å²) in [6.07, 6.45) is -0.281. The lowest BCUT2D eigenvalue weighted by Gasteiger charge is -2.36. The minimum absolute atomic E-state index is 0.281. The second-order valence-electron chi connectivity index (χ2n) is 8.39. The maximum absolute atomic E-state index is 12.2. The molecule has 0 spiro atoms. The normalized spacial score (nSPS) is 15.6. The van der Waals surface area contributed by atoms with E-state index in [9.17, 15) is 4.79 Å². The minimum Gasteiger partial charge on any atom is -0.492 e. The van der Waals surface area contributed by atoms with Crippen LogP contribution in [0.3, 0.4) is 0 Å². The van der Waals surface area contributed by atoms with Crippen molar-refractivity contribution < 1.29 is 14.3 Å². The monoisotopic (exact) mass is 405 g/mol. The molecule has 8 heteroatoms. The summed E-state index contributed by atoms with van der Waals surface area (Å²) in [5, 5.41) is 0. The number of nitrogens with zero attached hydrogens (tertiary/aromatic N) is 4. The molecule has 0 bridgehead atoms. The fraction of sp³-hybridized carbons (Fsp3) is 0.619. The van der Waals surface area contributed by atoms with Crippen LogP contribution in [0.2, 0.25) is 0 Å². The van der Waals surface area contributed by atoms with E-state index in [-0.39, 0.29) is 6.09 Å². The standard InChI is InChI=1S/C21H35N5O3/c1-21(2,3)29-20(27)26-12-10-25(11-13-26)19(22)23-16-17-8-6-7-9-18(17)28-15-14-24(4)5/h6-9H,10-16H2,1-5H3,(H2,22,23). The van der Waals surface area contributed by atoms with E-state index in [1.165, 1.54) is 0 Å². The maximum atomic E-state index is 12.2. The topological polar surface area (TPSA) is 83.6 Å². The summed E-state index contributed by atoms with van der Waals surface area (Å²) in [5.74, 6) is 1.32. The highest BCUT2D eigenvalue weighted by Gasteiger charge is 2.26. The van der Waals surface area contributed by atoms with Crippen LogP contribution in [0.1, 0.15) is 26.3 Å². The van der Waals surface area contributed by atoms with Crippen LogP contribution in [0, 0.1) is 0 Å². The molecule has 1 heterocycles. The van der Waals surface area contributed by atoms with E-state index in [0.717, 1.165) is 17.9 Å². The highest BCUT2D eigenvalue weighted by molar-refractivity contribution is 5.78. The van der Waals surface area contributed by atoms with Crippen molar-refractivity contribution in [1.82, 2.24) is 14.7 Å². The van der Waals surface area contributed by atoms with Gasteiger partial charge in [0.2, 0.25) is 0 Å². The molecule has 0 unspecified atom stereocenters. The number of carbonyl (C=O) groups is 1. The number of piperazine rings is 1. The third kappa shape index (κ3) is 7.81. The van der Waals surface area contributed by atoms with Crippen molar-refractivity contribution in [2.45, 2.75) is 32.9 Å². The lowest BCUT2D eigenvalue weighted by molar-refractivity contribution is 0.0186. The van der Waals surface area contributed by atoms with Crippen LogP contribution in [0.4, 0.5) is 4.79 Å². The molecule has 1 aromatic carbocycles. The van der Waals surface area contributed by atoms with E-state index < -0.39 is 5.60 Å². The summed E-state index contributed by atoms with van der Waals surface area (Å²) in [5.41, 5.74) is 6.72. The van der Waals surface area contributed by atoms with Gasteiger partial charge in [0.05, 0.1) is 6.54 Å². The van der Waals surface area contributed by atoms with E-state index in [1.54, 1.807) is 4.90 Å². The van der Waals surface area contributed by atoms with Crippen LogP contribution in [-0.2, 0) is 11.3 Å². The molecular weight excluding hydrogens is 370 g/mol. The number of likely N-dealkylation sites (N-methyl/N-ethyl adjacent to an activating group) is 1. The average molecular weight is 406 g/mol. The number of amides is 1. The van der Waals surface area contributed by atoms with Crippen LogP contribution >= 0.6 is 0 Å². The molecule has 162 valence electrons. The minimum atomic E-state index is -0.489. The predicted octanol–water partition coefficient (Wildman–Crippen LogP) is 1.99. The molecule has 2 N–H and O–H groups in total. The molecule has 29 heavy (non-hydrogen) atoms. The number of aliphatic imine (C=N–C) groups is 1. The van der Waals surface area contributed by atoms with E-state index in [0.29, 0.717) is 45.3 Å². The van der Waals surface area contributed by atoms with Gasteiger partial charge < -0.3 is 29.9 Å². The third-order valence-corrected chi connectivity index (χ3v) is 4.44. The number of hydrogen-bond donors (Lipinski definition) is 1. The lowest BCUT2D eigenvalue weighted by atomic mass is 10.2. The smallest absolute Gasteiger partial charge is 0.410 e. The first-order chi connectivity index (χ1) is 13.7. The molecule has 0 atom stereocenters. The second kappa shape index (κ2) is 10.3. The summed E-state index contributed by atoms with van der Waals surface area (Å²) < 4.78 is 11.3. The maximum Gasteiger partial charge on any atom is 0.410 e. The summed E-state index contributed by atoms with van der Waals surface area (Å²) in [7, 11) is 4.03. The Labute approximate surface area is 174 Å². The van der Waals surface area contributed by atoms with Crippen LogP contribution in [0.15, 0.2) is 29.3 Å². The Hall–Kier alpha value is -2.48. The van der Waals surface area contributed by atoms with Gasteiger partial charge in [-0.15, -0.1) is 0 Å². The zero-order chi connectivity index (χ0) is 21.4. The fourth-order valence-corrected chi connectivity index (χ4v) is 2.82. The molecule has 8 nitrogen and oxygen atoms in total. The zero-order valence-corrected chi connectivity index (χ0v) is 18.4. The van der Waals surface area contributed by atoms with E-state index in [4.69, 9.17) is 15.2 Å². The van der Waals surface area contributed by atoms with Gasteiger partial charge in [-0.1, -0.05) is 18.2 Å². The van der Waals surface area contributed by atoms with E-state index in [2.05, 4.69) is 9.89 Å². The number of hydrogen-bond acceptors (Lipinski definition) is 5. The van der Waals surface area contributed by atoms with Gasteiger partial charge >= 0.3 is 6.09 Å². The van der Waals surface area contributed by atoms with Gasteiger partial charge in [0.15, 0.2) is 5.96 Å². The fourth-order valence-electron chi connectivity index (χ4n) is 2.82. The number of guanidine groups is 1. The number of rotatable bonds is 6. The molecule has 0 aromatic heterocycles. The first-order valence-corrected chi connectivity index (χ1v) is 10.0. The average Bonchev–Trinajstić information content (AvgIpc) is 2.65. The first kappa shape index (κ1) is 22.8. The number of ether oxygens (including phenoxy) is 2. The predicted molar refractivity (Wildman–Crippen MR) is 115 cm³/mol. The molecule has 1 amide bonds. The highest BCUT2D eigenvalue weighted by atomic mass is 16.6.